The molecule has 1 aliphatic rings. The van der Waals surface area contributed by atoms with E-state index in [2.05, 4.69) is 30.3 Å². The second kappa shape index (κ2) is 6.84. The maximum Gasteiger partial charge on any atom is 0.410 e. The van der Waals surface area contributed by atoms with Crippen molar-refractivity contribution >= 4 is 17.7 Å². The molecule has 2 aromatic rings. The highest BCUT2D eigenvalue weighted by atomic mass is 35.5. The van der Waals surface area contributed by atoms with Crippen LogP contribution in [0.5, 0.6) is 0 Å². The number of fused-ring (bicyclic) bond motifs is 1. The molecule has 1 aliphatic heterocycles. The molecule has 3 rings (SSSR count). The molecule has 0 N–H and O–H groups in total. The highest BCUT2D eigenvalue weighted by Gasteiger charge is 2.29. The fraction of sp³-hybridized carbons (Fsp3) is 0.278. The van der Waals surface area contributed by atoms with Gasteiger partial charge in [-0.15, -0.1) is 11.6 Å². The van der Waals surface area contributed by atoms with Crippen LogP contribution in [0.3, 0.4) is 0 Å². The average Bonchev–Trinajstić information content (AvgIpc) is 2.59. The van der Waals surface area contributed by atoms with Crippen LogP contribution in [-0.2, 0) is 11.3 Å². The van der Waals surface area contributed by atoms with E-state index >= 15 is 0 Å². The van der Waals surface area contributed by atoms with Gasteiger partial charge in [-0.3, -0.25) is 0 Å². The summed E-state index contributed by atoms with van der Waals surface area (Å²) in [7, 11) is 0. The molecule has 114 valence electrons. The second-order valence-electron chi connectivity index (χ2n) is 5.35. The number of halogens is 1. The first-order chi connectivity index (χ1) is 10.8. The molecular weight excluding hydrogens is 298 g/mol. The van der Waals surface area contributed by atoms with E-state index in [0.717, 1.165) is 0 Å². The Morgan fingerprint density at radius 2 is 1.86 bits per heavy atom. The Balaban J connectivity index is 1.90. The molecule has 1 unspecified atom stereocenters. The molecule has 3 nitrogen and oxygen atoms in total. The maximum absolute atomic E-state index is 12.2. The fourth-order valence-corrected chi connectivity index (χ4v) is 3.01. The number of ether oxygens (including phenoxy) is 1. The van der Waals surface area contributed by atoms with Crippen molar-refractivity contribution in [2.45, 2.75) is 12.5 Å². The monoisotopic (exact) mass is 315 g/mol. The van der Waals surface area contributed by atoms with E-state index in [1.54, 1.807) is 4.90 Å². The van der Waals surface area contributed by atoms with Crippen LogP contribution in [0.1, 0.15) is 22.6 Å². The van der Waals surface area contributed by atoms with E-state index in [1.807, 2.05) is 24.3 Å². The minimum atomic E-state index is -0.295. The van der Waals surface area contributed by atoms with Gasteiger partial charge in [0, 0.05) is 19.0 Å². The van der Waals surface area contributed by atoms with Gasteiger partial charge < -0.3 is 9.64 Å². The van der Waals surface area contributed by atoms with Gasteiger partial charge in [0.15, 0.2) is 0 Å². The number of alkyl halides is 1. The number of rotatable bonds is 3. The van der Waals surface area contributed by atoms with E-state index in [4.69, 9.17) is 16.3 Å². The number of hydrogen-bond acceptors (Lipinski definition) is 2. The van der Waals surface area contributed by atoms with Crippen molar-refractivity contribution in [1.29, 1.82) is 0 Å². The van der Waals surface area contributed by atoms with Gasteiger partial charge in [0.1, 0.15) is 6.61 Å². The minimum Gasteiger partial charge on any atom is -0.448 e. The van der Waals surface area contributed by atoms with Crippen LogP contribution in [0.4, 0.5) is 4.79 Å². The lowest BCUT2D eigenvalue weighted by atomic mass is 9.85. The van der Waals surface area contributed by atoms with Gasteiger partial charge in [-0.1, -0.05) is 54.6 Å². The van der Waals surface area contributed by atoms with Crippen LogP contribution >= 0.6 is 11.6 Å². The van der Waals surface area contributed by atoms with Crippen molar-refractivity contribution in [2.75, 3.05) is 19.0 Å². The highest BCUT2D eigenvalue weighted by Crippen LogP contribution is 2.33. The van der Waals surface area contributed by atoms with Crippen LogP contribution in [-0.4, -0.2) is 30.0 Å². The van der Waals surface area contributed by atoms with Crippen LogP contribution in [0.15, 0.2) is 54.6 Å². The number of benzene rings is 2. The van der Waals surface area contributed by atoms with E-state index < -0.39 is 0 Å². The van der Waals surface area contributed by atoms with Gasteiger partial charge in [0.2, 0.25) is 0 Å². The third-order valence-electron chi connectivity index (χ3n) is 3.96. The third kappa shape index (κ3) is 3.09. The zero-order valence-corrected chi connectivity index (χ0v) is 13.0. The van der Waals surface area contributed by atoms with Crippen molar-refractivity contribution in [1.82, 2.24) is 4.90 Å². The molecule has 0 saturated carbocycles. The van der Waals surface area contributed by atoms with Crippen molar-refractivity contribution < 1.29 is 9.53 Å². The van der Waals surface area contributed by atoms with Gasteiger partial charge in [0.05, 0.1) is 5.88 Å². The molecule has 22 heavy (non-hydrogen) atoms. The zero-order valence-electron chi connectivity index (χ0n) is 12.2. The molecule has 0 aromatic heterocycles. The molecule has 2 aromatic carbocycles. The molecule has 0 fully saturated rings. The lowest BCUT2D eigenvalue weighted by molar-refractivity contribution is 0.101. The molecule has 1 heterocycles. The molecule has 0 spiro atoms. The molecule has 4 heteroatoms. The molecule has 0 aliphatic carbocycles. The zero-order chi connectivity index (χ0) is 15.4. The van der Waals surface area contributed by atoms with Crippen molar-refractivity contribution in [3.8, 4) is 0 Å². The standard InChI is InChI=1S/C18H18ClNO2/c19-10-11-22-18(21)20-12-15-8-4-5-9-16(15)17(13-20)14-6-2-1-3-7-14/h1-9,17H,10-13H2. The topological polar surface area (TPSA) is 29.5 Å². The molecule has 0 radical (unpaired) electrons. The number of nitrogens with zero attached hydrogens (tertiary/aromatic N) is 1. The van der Waals surface area contributed by atoms with Crippen LogP contribution in [0.25, 0.3) is 0 Å². The van der Waals surface area contributed by atoms with Gasteiger partial charge in [-0.05, 0) is 16.7 Å². The largest absolute Gasteiger partial charge is 0.448 e. The molecule has 1 atom stereocenters. The Kier molecular flexibility index (Phi) is 4.64. The number of amides is 1. The lowest BCUT2D eigenvalue weighted by Gasteiger charge is -2.34. The summed E-state index contributed by atoms with van der Waals surface area (Å²) in [5, 5.41) is 0. The van der Waals surface area contributed by atoms with Gasteiger partial charge >= 0.3 is 6.09 Å². The molecule has 0 bridgehead atoms. The first-order valence-corrected chi connectivity index (χ1v) is 7.93. The van der Waals surface area contributed by atoms with E-state index in [9.17, 15) is 4.79 Å². The summed E-state index contributed by atoms with van der Waals surface area (Å²) >= 11 is 5.59. The minimum absolute atomic E-state index is 0.176. The number of hydrogen-bond donors (Lipinski definition) is 0. The summed E-state index contributed by atoms with van der Waals surface area (Å²) in [6.45, 7) is 1.46. The predicted molar refractivity (Wildman–Crippen MR) is 87.2 cm³/mol. The Bertz CT molecular complexity index is 645. The SMILES string of the molecule is O=C(OCCCl)N1Cc2ccccc2C(c2ccccc2)C1. The Morgan fingerprint density at radius 1 is 1.14 bits per heavy atom. The fourth-order valence-electron chi connectivity index (χ4n) is 2.93. The van der Waals surface area contributed by atoms with Crippen LogP contribution in [0.2, 0.25) is 0 Å². The highest BCUT2D eigenvalue weighted by molar-refractivity contribution is 6.18. The number of carbonyl (C=O) groups excluding carboxylic acids is 1. The second-order valence-corrected chi connectivity index (χ2v) is 5.72. The number of carbonyl (C=O) groups is 1. The normalized spacial score (nSPS) is 17.0. The Labute approximate surface area is 135 Å². The van der Waals surface area contributed by atoms with Crippen LogP contribution in [0, 0.1) is 0 Å². The van der Waals surface area contributed by atoms with Crippen molar-refractivity contribution in [2.24, 2.45) is 0 Å². The summed E-state index contributed by atoms with van der Waals surface area (Å²) < 4.78 is 5.18. The maximum atomic E-state index is 12.2. The first-order valence-electron chi connectivity index (χ1n) is 7.40. The van der Waals surface area contributed by atoms with Gasteiger partial charge in [-0.25, -0.2) is 4.79 Å². The molecule has 0 saturated heterocycles. The van der Waals surface area contributed by atoms with E-state index in [0.29, 0.717) is 19.0 Å². The lowest BCUT2D eigenvalue weighted by Crippen LogP contribution is -2.39. The summed E-state index contributed by atoms with van der Waals surface area (Å²) in [4.78, 5) is 13.9. The Hall–Kier alpha value is -2.00. The first kappa shape index (κ1) is 14.9. The van der Waals surface area contributed by atoms with Crippen molar-refractivity contribution in [3.63, 3.8) is 0 Å². The Morgan fingerprint density at radius 3 is 2.64 bits per heavy atom. The predicted octanol–water partition coefficient (Wildman–Crippen LogP) is 4.01. The quantitative estimate of drug-likeness (QED) is 0.801. The van der Waals surface area contributed by atoms with E-state index in [1.165, 1.54) is 16.7 Å². The van der Waals surface area contributed by atoms with Crippen LogP contribution < -0.4 is 0 Å². The molecular formula is C18H18ClNO2. The summed E-state index contributed by atoms with van der Waals surface area (Å²) in [6, 6.07) is 18.6. The van der Waals surface area contributed by atoms with E-state index in [-0.39, 0.29) is 18.6 Å². The van der Waals surface area contributed by atoms with Gasteiger partial charge in [-0.2, -0.15) is 0 Å². The van der Waals surface area contributed by atoms with Crippen molar-refractivity contribution in [3.05, 3.63) is 71.3 Å². The van der Waals surface area contributed by atoms with Gasteiger partial charge in [0.25, 0.3) is 0 Å². The summed E-state index contributed by atoms with van der Waals surface area (Å²) in [5.74, 6) is 0.493. The molecule has 1 amide bonds. The summed E-state index contributed by atoms with van der Waals surface area (Å²) in [6.07, 6.45) is -0.295. The average molecular weight is 316 g/mol. The smallest absolute Gasteiger partial charge is 0.410 e. The third-order valence-corrected chi connectivity index (χ3v) is 4.11. The summed E-state index contributed by atoms with van der Waals surface area (Å²) in [5.41, 5.74) is 3.67.